The van der Waals surface area contributed by atoms with Crippen LogP contribution in [0.4, 0.5) is 11.5 Å². The number of benzene rings is 1. The van der Waals surface area contributed by atoms with Crippen LogP contribution in [0.3, 0.4) is 0 Å². The van der Waals surface area contributed by atoms with Crippen LogP contribution in [0.1, 0.15) is 5.56 Å². The molecule has 0 fully saturated rings. The summed E-state index contributed by atoms with van der Waals surface area (Å²) in [4.78, 5) is 4.09. The van der Waals surface area contributed by atoms with Crippen molar-refractivity contribution in [1.82, 2.24) is 4.98 Å². The Hall–Kier alpha value is -1.36. The van der Waals surface area contributed by atoms with Crippen LogP contribution in [-0.4, -0.2) is 10.1 Å². The monoisotopic (exact) mass is 311 g/mol. The van der Waals surface area contributed by atoms with Crippen molar-refractivity contribution in [3.63, 3.8) is 0 Å². The summed E-state index contributed by atoms with van der Waals surface area (Å²) in [6, 6.07) is 9.14. The maximum atomic E-state index is 6.04. The number of pyridine rings is 1. The Morgan fingerprint density at radius 2 is 1.95 bits per heavy atom. The van der Waals surface area contributed by atoms with E-state index in [1.54, 1.807) is 18.3 Å². The predicted octanol–water partition coefficient (Wildman–Crippen LogP) is 4.51. The standard InChI is InChI=1S/C13H11Cl2N3S/c1-8-2-4-10(6-11(8)15)17-13(19)18-12-5-3-9(14)7-16-12/h2-7H,1H3,(H2,16,17,18,19). The van der Waals surface area contributed by atoms with Gasteiger partial charge in [0, 0.05) is 16.9 Å². The van der Waals surface area contributed by atoms with Gasteiger partial charge in [-0.2, -0.15) is 0 Å². The quantitative estimate of drug-likeness (QED) is 0.800. The molecule has 19 heavy (non-hydrogen) atoms. The molecule has 0 radical (unpaired) electrons. The van der Waals surface area contributed by atoms with Crippen LogP contribution >= 0.6 is 35.4 Å². The van der Waals surface area contributed by atoms with Crippen molar-refractivity contribution in [2.45, 2.75) is 6.92 Å². The Morgan fingerprint density at radius 3 is 2.58 bits per heavy atom. The summed E-state index contributed by atoms with van der Waals surface area (Å²) in [7, 11) is 0. The highest BCUT2D eigenvalue weighted by Gasteiger charge is 2.02. The molecule has 0 spiro atoms. The number of halogens is 2. The second kappa shape index (κ2) is 6.19. The van der Waals surface area contributed by atoms with Gasteiger partial charge in [0.05, 0.1) is 5.02 Å². The van der Waals surface area contributed by atoms with Crippen molar-refractivity contribution in [2.75, 3.05) is 10.6 Å². The molecule has 2 aromatic rings. The first kappa shape index (κ1) is 14.1. The summed E-state index contributed by atoms with van der Waals surface area (Å²) in [5.74, 6) is 0.625. The van der Waals surface area contributed by atoms with Gasteiger partial charge >= 0.3 is 0 Å². The SMILES string of the molecule is Cc1ccc(NC(=S)Nc2ccc(Cl)cn2)cc1Cl. The zero-order chi connectivity index (χ0) is 13.8. The highest BCUT2D eigenvalue weighted by Crippen LogP contribution is 2.20. The van der Waals surface area contributed by atoms with Gasteiger partial charge < -0.3 is 10.6 Å². The van der Waals surface area contributed by atoms with Gasteiger partial charge in [-0.1, -0.05) is 29.3 Å². The fourth-order valence-electron chi connectivity index (χ4n) is 1.40. The molecule has 6 heteroatoms. The average molecular weight is 312 g/mol. The second-order valence-corrected chi connectivity index (χ2v) is 5.16. The maximum Gasteiger partial charge on any atom is 0.176 e. The van der Waals surface area contributed by atoms with E-state index in [9.17, 15) is 0 Å². The van der Waals surface area contributed by atoms with E-state index in [-0.39, 0.29) is 0 Å². The third kappa shape index (κ3) is 4.06. The molecule has 0 unspecified atom stereocenters. The van der Waals surface area contributed by atoms with Crippen molar-refractivity contribution in [2.24, 2.45) is 0 Å². The van der Waals surface area contributed by atoms with Crippen molar-refractivity contribution in [3.8, 4) is 0 Å². The Labute approximate surface area is 127 Å². The lowest BCUT2D eigenvalue weighted by molar-refractivity contribution is 1.32. The minimum absolute atomic E-state index is 0.440. The van der Waals surface area contributed by atoms with Gasteiger partial charge in [0.2, 0.25) is 0 Å². The van der Waals surface area contributed by atoms with Crippen LogP contribution in [0.15, 0.2) is 36.5 Å². The van der Waals surface area contributed by atoms with Crippen LogP contribution in [0.5, 0.6) is 0 Å². The minimum Gasteiger partial charge on any atom is -0.332 e. The van der Waals surface area contributed by atoms with Crippen LogP contribution in [-0.2, 0) is 0 Å². The van der Waals surface area contributed by atoms with Gasteiger partial charge in [0.25, 0.3) is 0 Å². The molecule has 1 aromatic heterocycles. The number of anilines is 2. The molecule has 2 rings (SSSR count). The topological polar surface area (TPSA) is 37.0 Å². The van der Waals surface area contributed by atoms with Crippen molar-refractivity contribution in [3.05, 3.63) is 52.1 Å². The van der Waals surface area contributed by atoms with E-state index in [2.05, 4.69) is 15.6 Å². The van der Waals surface area contributed by atoms with Crippen molar-refractivity contribution >= 4 is 52.0 Å². The molecule has 0 aliphatic heterocycles. The van der Waals surface area contributed by atoms with E-state index >= 15 is 0 Å². The van der Waals surface area contributed by atoms with Crippen LogP contribution in [0.2, 0.25) is 10.0 Å². The maximum absolute atomic E-state index is 6.04. The van der Waals surface area contributed by atoms with Crippen LogP contribution in [0.25, 0.3) is 0 Å². The molecular weight excluding hydrogens is 301 g/mol. The molecule has 0 amide bonds. The zero-order valence-corrected chi connectivity index (χ0v) is 12.4. The lowest BCUT2D eigenvalue weighted by Gasteiger charge is -2.10. The summed E-state index contributed by atoms with van der Waals surface area (Å²) in [6.45, 7) is 1.94. The first-order valence-electron chi connectivity index (χ1n) is 5.50. The van der Waals surface area contributed by atoms with Gasteiger partial charge in [0.15, 0.2) is 5.11 Å². The minimum atomic E-state index is 0.440. The second-order valence-electron chi connectivity index (χ2n) is 3.90. The highest BCUT2D eigenvalue weighted by molar-refractivity contribution is 7.80. The number of rotatable bonds is 2. The zero-order valence-electron chi connectivity index (χ0n) is 10.1. The Bertz CT molecular complexity index is 599. The normalized spacial score (nSPS) is 10.1. The average Bonchev–Trinajstić information content (AvgIpc) is 2.37. The molecule has 0 saturated carbocycles. The lowest BCUT2D eigenvalue weighted by atomic mass is 10.2. The molecule has 1 aromatic carbocycles. The number of nitrogens with zero attached hydrogens (tertiary/aromatic N) is 1. The summed E-state index contributed by atoms with van der Waals surface area (Å²) < 4.78 is 0. The molecule has 98 valence electrons. The van der Waals surface area contributed by atoms with Gasteiger partial charge in [-0.15, -0.1) is 0 Å². The Balaban J connectivity index is 2.01. The summed E-state index contributed by atoms with van der Waals surface area (Å²) in [5, 5.41) is 7.71. The third-order valence-electron chi connectivity index (χ3n) is 2.40. The predicted molar refractivity (Wildman–Crippen MR) is 85.3 cm³/mol. The largest absolute Gasteiger partial charge is 0.332 e. The van der Waals surface area contributed by atoms with E-state index in [4.69, 9.17) is 35.4 Å². The van der Waals surface area contributed by atoms with Gasteiger partial charge in [0.1, 0.15) is 5.82 Å². The molecule has 0 atom stereocenters. The summed E-state index contributed by atoms with van der Waals surface area (Å²) >= 11 is 17.0. The first-order valence-corrected chi connectivity index (χ1v) is 6.67. The third-order valence-corrected chi connectivity index (χ3v) is 3.23. The number of nitrogens with one attached hydrogen (secondary N) is 2. The van der Waals surface area contributed by atoms with Gasteiger partial charge in [-0.05, 0) is 49.0 Å². The molecule has 0 bridgehead atoms. The molecular formula is C13H11Cl2N3S. The smallest absolute Gasteiger partial charge is 0.176 e. The van der Waals surface area contributed by atoms with E-state index in [0.717, 1.165) is 11.3 Å². The molecule has 1 heterocycles. The number of hydrogen-bond donors (Lipinski definition) is 2. The van der Waals surface area contributed by atoms with Crippen LogP contribution < -0.4 is 10.6 Å². The summed E-state index contributed by atoms with van der Waals surface area (Å²) in [6.07, 6.45) is 1.55. The number of aryl methyl sites for hydroxylation is 1. The van der Waals surface area contributed by atoms with E-state index < -0.39 is 0 Å². The number of thiocarbonyl (C=S) groups is 1. The lowest BCUT2D eigenvalue weighted by Crippen LogP contribution is -2.19. The van der Waals surface area contributed by atoms with Gasteiger partial charge in [-0.25, -0.2) is 4.98 Å². The molecule has 3 nitrogen and oxygen atoms in total. The fourth-order valence-corrected chi connectivity index (χ4v) is 1.91. The molecule has 0 saturated heterocycles. The highest BCUT2D eigenvalue weighted by atomic mass is 35.5. The van der Waals surface area contributed by atoms with E-state index in [1.165, 1.54) is 0 Å². The Kier molecular flexibility index (Phi) is 4.58. The number of hydrogen-bond acceptors (Lipinski definition) is 2. The van der Waals surface area contributed by atoms with E-state index in [1.807, 2.05) is 25.1 Å². The Morgan fingerprint density at radius 1 is 1.16 bits per heavy atom. The first-order chi connectivity index (χ1) is 9.04. The molecule has 0 aliphatic carbocycles. The van der Waals surface area contributed by atoms with E-state index in [0.29, 0.717) is 21.0 Å². The summed E-state index contributed by atoms with van der Waals surface area (Å²) in [5.41, 5.74) is 1.84. The van der Waals surface area contributed by atoms with Crippen molar-refractivity contribution < 1.29 is 0 Å². The van der Waals surface area contributed by atoms with Gasteiger partial charge in [-0.3, -0.25) is 0 Å². The van der Waals surface area contributed by atoms with Crippen LogP contribution in [0, 0.1) is 6.92 Å². The molecule has 0 aliphatic rings. The van der Waals surface area contributed by atoms with Crippen molar-refractivity contribution in [1.29, 1.82) is 0 Å². The fraction of sp³-hybridized carbons (Fsp3) is 0.0769. The number of aromatic nitrogens is 1. The molecule has 2 N–H and O–H groups in total.